The fraction of sp³-hybridized carbons (Fsp3) is 0.562. The summed E-state index contributed by atoms with van der Waals surface area (Å²) in [5, 5.41) is 0. The second-order valence-electron chi connectivity index (χ2n) is 5.44. The Morgan fingerprint density at radius 2 is 2.00 bits per heavy atom. The highest BCUT2D eigenvalue weighted by Crippen LogP contribution is 2.37. The summed E-state index contributed by atoms with van der Waals surface area (Å²) in [4.78, 5) is 12.3. The summed E-state index contributed by atoms with van der Waals surface area (Å²) >= 11 is 0. The Balaban J connectivity index is 2.05. The van der Waals surface area contributed by atoms with E-state index in [0.717, 1.165) is 18.4 Å². The third-order valence-corrected chi connectivity index (χ3v) is 3.84. The van der Waals surface area contributed by atoms with Crippen LogP contribution in [0.3, 0.4) is 0 Å². The summed E-state index contributed by atoms with van der Waals surface area (Å²) in [5.41, 5.74) is 1.83. The lowest BCUT2D eigenvalue weighted by molar-refractivity contribution is -0.0424. The van der Waals surface area contributed by atoms with Crippen molar-refractivity contribution in [1.29, 1.82) is 0 Å². The number of Topliss-reactive ketones (excluding diaryl/α,β-unsaturated/α-hetero) is 1. The average molecular weight is 266 g/mol. The molecule has 1 fully saturated rings. The molecule has 19 heavy (non-hydrogen) atoms. The van der Waals surface area contributed by atoms with Gasteiger partial charge < -0.3 is 0 Å². The van der Waals surface area contributed by atoms with E-state index < -0.39 is 5.92 Å². The van der Waals surface area contributed by atoms with Gasteiger partial charge in [0.25, 0.3) is 0 Å². The molecule has 1 aromatic carbocycles. The van der Waals surface area contributed by atoms with Gasteiger partial charge in [-0.3, -0.25) is 4.79 Å². The number of carbonyl (C=O) groups is 1. The maximum Gasteiger partial charge on any atom is 0.248 e. The van der Waals surface area contributed by atoms with Crippen molar-refractivity contribution in [2.24, 2.45) is 5.92 Å². The molecule has 0 atom stereocenters. The fourth-order valence-electron chi connectivity index (χ4n) is 2.71. The number of ketones is 1. The van der Waals surface area contributed by atoms with Gasteiger partial charge in [0.2, 0.25) is 5.92 Å². The van der Waals surface area contributed by atoms with Crippen LogP contribution in [0.5, 0.6) is 0 Å². The van der Waals surface area contributed by atoms with Gasteiger partial charge in [-0.25, -0.2) is 8.78 Å². The zero-order valence-corrected chi connectivity index (χ0v) is 11.3. The number of halogens is 2. The van der Waals surface area contributed by atoms with E-state index >= 15 is 0 Å². The first kappa shape index (κ1) is 14.2. The molecule has 1 aromatic rings. The Hall–Kier alpha value is -1.25. The minimum absolute atomic E-state index is 0.0356. The van der Waals surface area contributed by atoms with Gasteiger partial charge in [-0.05, 0) is 30.9 Å². The Kier molecular flexibility index (Phi) is 4.33. The molecule has 0 unspecified atom stereocenters. The molecule has 0 saturated heterocycles. The number of hydrogen-bond donors (Lipinski definition) is 0. The van der Waals surface area contributed by atoms with Gasteiger partial charge in [0.15, 0.2) is 5.78 Å². The second-order valence-corrected chi connectivity index (χ2v) is 5.44. The van der Waals surface area contributed by atoms with Gasteiger partial charge in [0.05, 0.1) is 0 Å². The Morgan fingerprint density at radius 3 is 2.63 bits per heavy atom. The van der Waals surface area contributed by atoms with Gasteiger partial charge in [-0.1, -0.05) is 31.5 Å². The molecule has 3 heteroatoms. The van der Waals surface area contributed by atoms with Gasteiger partial charge in [0.1, 0.15) is 0 Å². The molecule has 0 aliphatic heterocycles. The lowest BCUT2D eigenvalue weighted by Gasteiger charge is -2.27. The van der Waals surface area contributed by atoms with Gasteiger partial charge in [0, 0.05) is 24.3 Å². The van der Waals surface area contributed by atoms with E-state index in [2.05, 4.69) is 6.92 Å². The summed E-state index contributed by atoms with van der Waals surface area (Å²) in [7, 11) is 0. The molecule has 0 heterocycles. The van der Waals surface area contributed by atoms with Crippen molar-refractivity contribution >= 4 is 5.78 Å². The van der Waals surface area contributed by atoms with Crippen molar-refractivity contribution in [1.82, 2.24) is 0 Å². The molecule has 0 bridgehead atoms. The maximum atomic E-state index is 13.1. The predicted octanol–water partition coefficient (Wildman–Crippen LogP) is 4.65. The zero-order chi connectivity index (χ0) is 13.9. The van der Waals surface area contributed by atoms with Crippen molar-refractivity contribution in [2.75, 3.05) is 0 Å². The number of rotatable bonds is 4. The lowest BCUT2D eigenvalue weighted by atomic mass is 9.82. The normalized spacial score (nSPS) is 19.3. The van der Waals surface area contributed by atoms with E-state index in [-0.39, 0.29) is 24.5 Å². The fourth-order valence-corrected chi connectivity index (χ4v) is 2.71. The molecular weight excluding hydrogens is 246 g/mol. The molecule has 1 saturated carbocycles. The van der Waals surface area contributed by atoms with Crippen molar-refractivity contribution < 1.29 is 13.6 Å². The highest BCUT2D eigenvalue weighted by atomic mass is 19.3. The molecule has 0 spiro atoms. The monoisotopic (exact) mass is 266 g/mol. The average Bonchev–Trinajstić information content (AvgIpc) is 2.39. The highest BCUT2D eigenvalue weighted by molar-refractivity contribution is 5.98. The van der Waals surface area contributed by atoms with Gasteiger partial charge in [-0.2, -0.15) is 0 Å². The molecule has 0 radical (unpaired) electrons. The van der Waals surface area contributed by atoms with Crippen molar-refractivity contribution in [2.45, 2.75) is 51.4 Å². The number of alkyl halides is 2. The van der Waals surface area contributed by atoms with Crippen LogP contribution in [0.25, 0.3) is 0 Å². The summed E-state index contributed by atoms with van der Waals surface area (Å²) < 4.78 is 26.2. The van der Waals surface area contributed by atoms with E-state index in [1.165, 1.54) is 0 Å². The topological polar surface area (TPSA) is 17.1 Å². The van der Waals surface area contributed by atoms with Crippen molar-refractivity contribution in [3.05, 3.63) is 35.4 Å². The lowest BCUT2D eigenvalue weighted by Crippen LogP contribution is -2.28. The van der Waals surface area contributed by atoms with E-state index in [0.29, 0.717) is 18.4 Å². The Labute approximate surface area is 113 Å². The van der Waals surface area contributed by atoms with E-state index in [4.69, 9.17) is 0 Å². The van der Waals surface area contributed by atoms with Crippen molar-refractivity contribution in [3.8, 4) is 0 Å². The molecule has 1 nitrogen and oxygen atoms in total. The number of hydrogen-bond acceptors (Lipinski definition) is 1. The van der Waals surface area contributed by atoms with Crippen LogP contribution >= 0.6 is 0 Å². The molecule has 2 rings (SSSR count). The van der Waals surface area contributed by atoms with Crippen LogP contribution in [-0.2, 0) is 6.42 Å². The van der Waals surface area contributed by atoms with Crippen LogP contribution in [0, 0.1) is 5.92 Å². The molecule has 0 aromatic heterocycles. The van der Waals surface area contributed by atoms with Crippen LogP contribution in [0.4, 0.5) is 8.78 Å². The first-order valence-electron chi connectivity index (χ1n) is 7.03. The van der Waals surface area contributed by atoms with Crippen LogP contribution in [0.1, 0.15) is 54.9 Å². The summed E-state index contributed by atoms with van der Waals surface area (Å²) in [6.45, 7) is 2.09. The largest absolute Gasteiger partial charge is 0.294 e. The smallest absolute Gasteiger partial charge is 0.248 e. The molecule has 1 aliphatic rings. The number of benzene rings is 1. The molecule has 0 N–H and O–H groups in total. The van der Waals surface area contributed by atoms with Crippen LogP contribution in [0.2, 0.25) is 0 Å². The van der Waals surface area contributed by atoms with E-state index in [1.54, 1.807) is 6.07 Å². The number of aryl methyl sites for hydroxylation is 1. The quantitative estimate of drug-likeness (QED) is 0.725. The van der Waals surface area contributed by atoms with Crippen LogP contribution < -0.4 is 0 Å². The molecule has 0 amide bonds. The standard InChI is InChI=1S/C16H20F2O/c1-2-4-12-5-3-6-14(11-12)15(19)13-7-9-16(17,18)10-8-13/h3,5-6,11,13H,2,4,7-10H2,1H3. The van der Waals surface area contributed by atoms with Gasteiger partial charge >= 0.3 is 0 Å². The summed E-state index contributed by atoms with van der Waals surface area (Å²) in [6, 6.07) is 7.61. The summed E-state index contributed by atoms with van der Waals surface area (Å²) in [5.74, 6) is -2.76. The minimum Gasteiger partial charge on any atom is -0.294 e. The maximum absolute atomic E-state index is 13.1. The van der Waals surface area contributed by atoms with E-state index in [1.807, 2.05) is 18.2 Å². The van der Waals surface area contributed by atoms with Crippen LogP contribution in [-0.4, -0.2) is 11.7 Å². The van der Waals surface area contributed by atoms with Crippen molar-refractivity contribution in [3.63, 3.8) is 0 Å². The first-order chi connectivity index (χ1) is 9.02. The van der Waals surface area contributed by atoms with E-state index in [9.17, 15) is 13.6 Å². The predicted molar refractivity (Wildman–Crippen MR) is 71.7 cm³/mol. The Bertz CT molecular complexity index is 444. The van der Waals surface area contributed by atoms with Gasteiger partial charge in [-0.15, -0.1) is 0 Å². The molecular formula is C16H20F2O. The zero-order valence-electron chi connectivity index (χ0n) is 11.3. The second kappa shape index (κ2) is 5.81. The number of carbonyl (C=O) groups excluding carboxylic acids is 1. The third kappa shape index (κ3) is 3.62. The molecule has 1 aliphatic carbocycles. The Morgan fingerprint density at radius 1 is 1.32 bits per heavy atom. The SMILES string of the molecule is CCCc1cccc(C(=O)C2CCC(F)(F)CC2)c1. The minimum atomic E-state index is -2.57. The molecule has 104 valence electrons. The summed E-state index contributed by atoms with van der Waals surface area (Å²) in [6.07, 6.45) is 2.29. The highest BCUT2D eigenvalue weighted by Gasteiger charge is 2.37. The first-order valence-corrected chi connectivity index (χ1v) is 7.03. The van der Waals surface area contributed by atoms with Crippen LogP contribution in [0.15, 0.2) is 24.3 Å². The third-order valence-electron chi connectivity index (χ3n) is 3.84.